The number of hydrogen-bond acceptors (Lipinski definition) is 8. The predicted octanol–water partition coefficient (Wildman–Crippen LogP) is 3.40. The summed E-state index contributed by atoms with van der Waals surface area (Å²) in [6.07, 6.45) is 7.58. The first-order valence-corrected chi connectivity index (χ1v) is 14.3. The fraction of sp³-hybridized carbons (Fsp3) is 0.355. The second-order valence-electron chi connectivity index (χ2n) is 10.7. The van der Waals surface area contributed by atoms with E-state index >= 15 is 0 Å². The van der Waals surface area contributed by atoms with Gasteiger partial charge in [0.25, 0.3) is 0 Å². The molecule has 6 rings (SSSR count). The third-order valence-electron chi connectivity index (χ3n) is 8.06. The van der Waals surface area contributed by atoms with Crippen LogP contribution in [0.4, 0.5) is 5.82 Å². The van der Waals surface area contributed by atoms with Gasteiger partial charge in [-0.3, -0.25) is 18.8 Å². The summed E-state index contributed by atoms with van der Waals surface area (Å²) in [4.78, 5) is 39.6. The van der Waals surface area contributed by atoms with E-state index in [1.807, 2.05) is 48.5 Å². The number of carbonyl (C=O) groups is 1. The van der Waals surface area contributed by atoms with Gasteiger partial charge in [-0.15, -0.1) is 0 Å². The zero-order valence-corrected chi connectivity index (χ0v) is 23.6. The lowest BCUT2D eigenvalue weighted by molar-refractivity contribution is -0.125. The molecule has 11 nitrogen and oxygen atoms in total. The number of rotatable bonds is 8. The highest BCUT2D eigenvalue weighted by Crippen LogP contribution is 2.29. The molecule has 4 aromatic rings. The Bertz CT molecular complexity index is 1630. The van der Waals surface area contributed by atoms with Gasteiger partial charge in [0.05, 0.1) is 11.7 Å². The number of likely N-dealkylation sites (N-methyl/N-ethyl adjacent to an activating group) is 1. The van der Waals surface area contributed by atoms with Crippen molar-refractivity contribution in [2.24, 2.45) is 0 Å². The number of nitrogens with zero attached hydrogens (tertiary/aromatic N) is 6. The summed E-state index contributed by atoms with van der Waals surface area (Å²) in [5.41, 5.74) is 7.52. The highest BCUT2D eigenvalue weighted by Gasteiger charge is 2.31. The number of likely N-dealkylation sites (tertiary alicyclic amines) is 1. The van der Waals surface area contributed by atoms with Gasteiger partial charge in [0, 0.05) is 45.0 Å². The molecule has 0 saturated carbocycles. The van der Waals surface area contributed by atoms with E-state index in [4.69, 9.17) is 15.2 Å². The van der Waals surface area contributed by atoms with Crippen molar-refractivity contribution in [2.75, 3.05) is 45.6 Å². The van der Waals surface area contributed by atoms with Gasteiger partial charge in [-0.05, 0) is 62.7 Å². The first-order valence-electron chi connectivity index (χ1n) is 14.3. The molecule has 2 aliphatic heterocycles. The Labute approximate surface area is 243 Å². The third-order valence-corrected chi connectivity index (χ3v) is 8.06. The van der Waals surface area contributed by atoms with E-state index in [-0.39, 0.29) is 23.5 Å². The number of imidazole rings is 1. The Morgan fingerprint density at radius 3 is 2.57 bits per heavy atom. The number of nitrogens with two attached hydrogens (primary N) is 1. The van der Waals surface area contributed by atoms with E-state index in [9.17, 15) is 9.59 Å². The SMILES string of the molecule is CN(C/C=C/C(=O)N1CCC(n2c(=O)n(-c3ccc(Oc4ccccc4)cc3)c3c(N)ncnc32)C1)C1CCOCC1. The second-order valence-corrected chi connectivity index (χ2v) is 10.7. The van der Waals surface area contributed by atoms with Crippen LogP contribution in [-0.4, -0.2) is 80.7 Å². The van der Waals surface area contributed by atoms with E-state index in [1.165, 1.54) is 10.9 Å². The first kappa shape index (κ1) is 27.7. The maximum atomic E-state index is 13.9. The summed E-state index contributed by atoms with van der Waals surface area (Å²) in [5, 5.41) is 0. The number of carbonyl (C=O) groups excluding carboxylic acids is 1. The monoisotopic (exact) mass is 569 g/mol. The number of ether oxygens (including phenoxy) is 2. The van der Waals surface area contributed by atoms with Gasteiger partial charge in [-0.25, -0.2) is 14.8 Å². The molecule has 0 bridgehead atoms. The number of fused-ring (bicyclic) bond motifs is 1. The number of aromatic nitrogens is 4. The number of nitrogen functional groups attached to an aromatic ring is 1. The lowest BCUT2D eigenvalue weighted by atomic mass is 10.1. The molecule has 42 heavy (non-hydrogen) atoms. The van der Waals surface area contributed by atoms with Crippen LogP contribution in [0.3, 0.4) is 0 Å². The smallest absolute Gasteiger partial charge is 0.335 e. The highest BCUT2D eigenvalue weighted by atomic mass is 16.5. The Balaban J connectivity index is 1.20. The summed E-state index contributed by atoms with van der Waals surface area (Å²) in [6.45, 7) is 3.23. The average molecular weight is 570 g/mol. The predicted molar refractivity (Wildman–Crippen MR) is 160 cm³/mol. The number of para-hydroxylation sites is 1. The molecule has 1 unspecified atom stereocenters. The fourth-order valence-electron chi connectivity index (χ4n) is 5.78. The summed E-state index contributed by atoms with van der Waals surface area (Å²) >= 11 is 0. The molecule has 2 saturated heterocycles. The Kier molecular flexibility index (Phi) is 8.02. The van der Waals surface area contributed by atoms with Crippen LogP contribution in [0.25, 0.3) is 16.9 Å². The molecule has 2 N–H and O–H groups in total. The number of anilines is 1. The van der Waals surface area contributed by atoms with Crippen LogP contribution in [0.2, 0.25) is 0 Å². The topological polar surface area (TPSA) is 121 Å². The van der Waals surface area contributed by atoms with E-state index in [2.05, 4.69) is 21.9 Å². The molecule has 4 heterocycles. The van der Waals surface area contributed by atoms with Crippen molar-refractivity contribution in [3.8, 4) is 17.2 Å². The third kappa shape index (κ3) is 5.65. The van der Waals surface area contributed by atoms with Gasteiger partial charge in [0.2, 0.25) is 5.91 Å². The van der Waals surface area contributed by atoms with Crippen LogP contribution in [0.1, 0.15) is 25.3 Å². The van der Waals surface area contributed by atoms with Crippen molar-refractivity contribution >= 4 is 22.9 Å². The molecule has 0 aliphatic carbocycles. The molecule has 2 fully saturated rings. The molecule has 0 radical (unpaired) electrons. The Hall–Kier alpha value is -4.48. The van der Waals surface area contributed by atoms with Crippen molar-refractivity contribution in [1.29, 1.82) is 0 Å². The van der Waals surface area contributed by atoms with Crippen LogP contribution in [-0.2, 0) is 9.53 Å². The van der Waals surface area contributed by atoms with Crippen LogP contribution in [0, 0.1) is 0 Å². The molecule has 0 spiro atoms. The molecule has 1 amide bonds. The second kappa shape index (κ2) is 12.2. The Morgan fingerprint density at radius 2 is 1.81 bits per heavy atom. The van der Waals surface area contributed by atoms with E-state index in [1.54, 1.807) is 27.7 Å². The molecule has 2 aromatic heterocycles. The normalized spacial score (nSPS) is 18.0. The molecular weight excluding hydrogens is 534 g/mol. The van der Waals surface area contributed by atoms with Gasteiger partial charge < -0.3 is 20.1 Å². The number of amides is 1. The minimum absolute atomic E-state index is 0.0576. The van der Waals surface area contributed by atoms with Crippen LogP contribution < -0.4 is 16.2 Å². The minimum Gasteiger partial charge on any atom is -0.457 e. The largest absolute Gasteiger partial charge is 0.457 e. The van der Waals surface area contributed by atoms with Crippen molar-refractivity contribution in [2.45, 2.75) is 31.3 Å². The number of hydrogen-bond donors (Lipinski definition) is 1. The molecule has 1 atom stereocenters. The van der Waals surface area contributed by atoms with Gasteiger partial charge in [0.15, 0.2) is 11.5 Å². The highest BCUT2D eigenvalue weighted by molar-refractivity contribution is 5.88. The van der Waals surface area contributed by atoms with Crippen molar-refractivity contribution in [1.82, 2.24) is 28.9 Å². The summed E-state index contributed by atoms with van der Waals surface area (Å²) in [5.74, 6) is 1.52. The molecular formula is C31H35N7O4. The van der Waals surface area contributed by atoms with E-state index in [0.29, 0.717) is 54.7 Å². The average Bonchev–Trinajstić information content (AvgIpc) is 3.61. The first-order chi connectivity index (χ1) is 20.5. The molecule has 2 aliphatic rings. The van der Waals surface area contributed by atoms with Gasteiger partial charge in [0.1, 0.15) is 23.3 Å². The zero-order chi connectivity index (χ0) is 29.1. The van der Waals surface area contributed by atoms with Crippen molar-refractivity contribution in [3.05, 3.63) is 83.6 Å². The van der Waals surface area contributed by atoms with Crippen LogP contribution in [0.5, 0.6) is 11.5 Å². The Morgan fingerprint density at radius 1 is 1.07 bits per heavy atom. The quantitative estimate of drug-likeness (QED) is 0.321. The van der Waals surface area contributed by atoms with Gasteiger partial charge in [-0.1, -0.05) is 24.3 Å². The summed E-state index contributed by atoms with van der Waals surface area (Å²) in [6, 6.07) is 16.9. The molecule has 2 aromatic carbocycles. The van der Waals surface area contributed by atoms with Crippen LogP contribution in [0.15, 0.2) is 77.9 Å². The maximum absolute atomic E-state index is 13.9. The van der Waals surface area contributed by atoms with E-state index < -0.39 is 0 Å². The molecule has 218 valence electrons. The number of benzene rings is 2. The standard InChI is InChI=1S/C31H35N7O4/c1-35(22-14-18-41-19-15-22)16-5-8-27(39)36-17-13-24(20-36)38-30-28(29(32)33-21-34-30)37(31(38)40)23-9-11-26(12-10-23)42-25-6-3-2-4-7-25/h2-12,21-22,24H,13-20H2,1H3,(H2,32,33,34)/b8-5+. The summed E-state index contributed by atoms with van der Waals surface area (Å²) < 4.78 is 14.5. The van der Waals surface area contributed by atoms with Crippen molar-refractivity contribution in [3.63, 3.8) is 0 Å². The van der Waals surface area contributed by atoms with Crippen molar-refractivity contribution < 1.29 is 14.3 Å². The molecule has 11 heteroatoms. The maximum Gasteiger partial charge on any atom is 0.335 e. The van der Waals surface area contributed by atoms with Gasteiger partial charge in [-0.2, -0.15) is 0 Å². The summed E-state index contributed by atoms with van der Waals surface area (Å²) in [7, 11) is 2.08. The lowest BCUT2D eigenvalue weighted by Crippen LogP contribution is -2.36. The minimum atomic E-state index is -0.276. The van der Waals surface area contributed by atoms with Gasteiger partial charge >= 0.3 is 5.69 Å². The van der Waals surface area contributed by atoms with E-state index in [0.717, 1.165) is 31.8 Å². The lowest BCUT2D eigenvalue weighted by Gasteiger charge is -2.30. The fourth-order valence-corrected chi connectivity index (χ4v) is 5.78. The zero-order valence-electron chi connectivity index (χ0n) is 23.6. The van der Waals surface area contributed by atoms with Crippen LogP contribution >= 0.6 is 0 Å².